The first-order valence-electron chi connectivity index (χ1n) is 9.89. The van der Waals surface area contributed by atoms with E-state index < -0.39 is 27.9 Å². The predicted molar refractivity (Wildman–Crippen MR) is 137 cm³/mol. The Morgan fingerprint density at radius 2 is 1.59 bits per heavy atom. The van der Waals surface area contributed by atoms with Crippen molar-refractivity contribution in [2.75, 3.05) is 5.32 Å². The van der Waals surface area contributed by atoms with Crippen molar-refractivity contribution in [2.45, 2.75) is 16.7 Å². The second kappa shape index (κ2) is 9.85. The zero-order chi connectivity index (χ0) is 24.8. The number of ketones is 1. The van der Waals surface area contributed by atoms with Gasteiger partial charge in [-0.1, -0.05) is 58.5 Å². The van der Waals surface area contributed by atoms with E-state index in [1.807, 2.05) is 0 Å². The average Bonchev–Trinajstić information content (AvgIpc) is 3.35. The van der Waals surface area contributed by atoms with Crippen LogP contribution in [0.15, 0.2) is 54.6 Å². The van der Waals surface area contributed by atoms with Crippen LogP contribution in [0.4, 0.5) is 10.1 Å². The van der Waals surface area contributed by atoms with Crippen molar-refractivity contribution < 1.29 is 14.0 Å². The van der Waals surface area contributed by atoms with Gasteiger partial charge in [-0.15, -0.1) is 23.2 Å². The number of nitrogens with one attached hydrogen (secondary N) is 1. The van der Waals surface area contributed by atoms with Gasteiger partial charge in [-0.3, -0.25) is 9.59 Å². The number of hydrogen-bond donors (Lipinski definition) is 1. The number of benzene rings is 3. The third-order valence-corrected chi connectivity index (χ3v) is 7.96. The molecule has 0 bridgehead atoms. The maximum Gasteiger partial charge on any atom is 0.231 e. The normalized spacial score (nSPS) is 18.4. The fourth-order valence-electron chi connectivity index (χ4n) is 3.79. The smallest absolute Gasteiger partial charge is 0.231 e. The molecule has 1 amide bonds. The molecule has 1 fully saturated rings. The molecule has 0 heterocycles. The molecule has 3 nitrogen and oxygen atoms in total. The summed E-state index contributed by atoms with van der Waals surface area (Å²) in [6, 6.07) is 13.4. The summed E-state index contributed by atoms with van der Waals surface area (Å²) in [4.78, 5) is 25.7. The van der Waals surface area contributed by atoms with Gasteiger partial charge in [0.2, 0.25) is 5.91 Å². The molecule has 2 unspecified atom stereocenters. The van der Waals surface area contributed by atoms with E-state index in [1.165, 1.54) is 30.3 Å². The highest BCUT2D eigenvalue weighted by Gasteiger charge is 2.67. The number of anilines is 1. The third kappa shape index (κ3) is 5.18. The van der Waals surface area contributed by atoms with Crippen LogP contribution in [-0.2, 0) is 11.2 Å². The molecular formula is C24H14Cl6FNO2. The van der Waals surface area contributed by atoms with Gasteiger partial charge in [0, 0.05) is 23.6 Å². The van der Waals surface area contributed by atoms with E-state index in [0.29, 0.717) is 16.8 Å². The van der Waals surface area contributed by atoms with E-state index in [9.17, 15) is 14.0 Å². The fourth-order valence-corrected chi connectivity index (χ4v) is 5.45. The van der Waals surface area contributed by atoms with Crippen LogP contribution < -0.4 is 5.32 Å². The number of amides is 1. The van der Waals surface area contributed by atoms with Gasteiger partial charge in [0.15, 0.2) is 5.78 Å². The Morgan fingerprint density at radius 3 is 2.24 bits per heavy atom. The molecule has 1 saturated carbocycles. The van der Waals surface area contributed by atoms with Crippen LogP contribution in [0.2, 0.25) is 20.1 Å². The summed E-state index contributed by atoms with van der Waals surface area (Å²) < 4.78 is 12.1. The average molecular weight is 580 g/mol. The van der Waals surface area contributed by atoms with Crippen LogP contribution in [0.25, 0.3) is 0 Å². The summed E-state index contributed by atoms with van der Waals surface area (Å²) in [7, 11) is 0. The van der Waals surface area contributed by atoms with Crippen molar-refractivity contribution in [3.63, 3.8) is 0 Å². The number of carbonyl (C=O) groups is 2. The minimum absolute atomic E-state index is 0.0515. The molecule has 0 radical (unpaired) electrons. The van der Waals surface area contributed by atoms with E-state index in [0.717, 1.165) is 0 Å². The first kappa shape index (κ1) is 25.6. The number of rotatable bonds is 6. The lowest BCUT2D eigenvalue weighted by Crippen LogP contribution is -2.17. The monoisotopic (exact) mass is 577 g/mol. The highest BCUT2D eigenvalue weighted by Crippen LogP contribution is 2.65. The molecule has 10 heteroatoms. The van der Waals surface area contributed by atoms with Gasteiger partial charge in [0.05, 0.1) is 26.0 Å². The molecule has 0 aromatic heterocycles. The highest BCUT2D eigenvalue weighted by atomic mass is 35.5. The largest absolute Gasteiger partial charge is 0.326 e. The second-order valence-corrected chi connectivity index (χ2v) is 10.9. The van der Waals surface area contributed by atoms with Crippen LogP contribution in [0.3, 0.4) is 0 Å². The molecule has 3 aromatic carbocycles. The van der Waals surface area contributed by atoms with Gasteiger partial charge in [-0.25, -0.2) is 4.39 Å². The Labute approximate surface area is 225 Å². The van der Waals surface area contributed by atoms with Crippen LogP contribution in [0.5, 0.6) is 0 Å². The third-order valence-electron chi connectivity index (χ3n) is 5.49. The maximum absolute atomic E-state index is 13.4. The first-order chi connectivity index (χ1) is 16.0. The van der Waals surface area contributed by atoms with E-state index in [1.54, 1.807) is 24.3 Å². The molecule has 1 aliphatic rings. The summed E-state index contributed by atoms with van der Waals surface area (Å²) in [5.41, 5.74) is 1.60. The molecule has 0 aliphatic heterocycles. The summed E-state index contributed by atoms with van der Waals surface area (Å²) in [5.74, 6) is -2.59. The van der Waals surface area contributed by atoms with Crippen molar-refractivity contribution in [1.82, 2.24) is 0 Å². The van der Waals surface area contributed by atoms with Crippen molar-refractivity contribution in [2.24, 2.45) is 5.92 Å². The summed E-state index contributed by atoms with van der Waals surface area (Å²) in [6.07, 6.45) is -0.0515. The highest BCUT2D eigenvalue weighted by molar-refractivity contribution is 6.54. The van der Waals surface area contributed by atoms with E-state index >= 15 is 0 Å². The lowest BCUT2D eigenvalue weighted by Gasteiger charge is -2.09. The molecule has 2 atom stereocenters. The molecule has 1 N–H and O–H groups in total. The van der Waals surface area contributed by atoms with E-state index in [2.05, 4.69) is 5.32 Å². The number of halogens is 7. The van der Waals surface area contributed by atoms with Crippen molar-refractivity contribution >= 4 is 87.0 Å². The Kier molecular flexibility index (Phi) is 7.40. The Hall–Kier alpha value is -1.53. The van der Waals surface area contributed by atoms with Gasteiger partial charge in [-0.2, -0.15) is 0 Å². The van der Waals surface area contributed by atoms with Crippen LogP contribution in [-0.4, -0.2) is 16.0 Å². The zero-order valence-corrected chi connectivity index (χ0v) is 21.6. The number of Topliss-reactive ketones (excluding diaryl/α,β-unsaturated/α-hetero) is 1. The number of alkyl halides is 2. The Bertz CT molecular complexity index is 1290. The molecule has 0 saturated heterocycles. The molecule has 4 rings (SSSR count). The zero-order valence-electron chi connectivity index (χ0n) is 17.0. The van der Waals surface area contributed by atoms with Crippen LogP contribution >= 0.6 is 69.6 Å². The minimum Gasteiger partial charge on any atom is -0.326 e. The van der Waals surface area contributed by atoms with Gasteiger partial charge in [-0.05, 0) is 53.6 Å². The minimum atomic E-state index is -1.38. The van der Waals surface area contributed by atoms with Crippen molar-refractivity contribution in [3.05, 3.63) is 97.2 Å². The molecule has 3 aromatic rings. The van der Waals surface area contributed by atoms with Crippen molar-refractivity contribution in [3.8, 4) is 0 Å². The Balaban J connectivity index is 1.52. The number of hydrogen-bond acceptors (Lipinski definition) is 2. The Morgan fingerprint density at radius 1 is 0.912 bits per heavy atom. The summed E-state index contributed by atoms with van der Waals surface area (Å²) in [6.45, 7) is 0. The van der Waals surface area contributed by atoms with Gasteiger partial charge in [0.1, 0.15) is 10.2 Å². The van der Waals surface area contributed by atoms with Crippen LogP contribution in [0, 0.1) is 11.7 Å². The predicted octanol–water partition coefficient (Wildman–Crippen LogP) is 8.39. The molecular weight excluding hydrogens is 566 g/mol. The SMILES string of the molecule is O=C(Cc1cccc(F)c1)c1cc(NC(=O)C2C(c3cc(Cl)c(Cl)c(Cl)c3)C2(Cl)Cl)ccc1Cl. The van der Waals surface area contributed by atoms with Crippen molar-refractivity contribution in [1.29, 1.82) is 0 Å². The first-order valence-corrected chi connectivity index (χ1v) is 12.2. The van der Waals surface area contributed by atoms with Gasteiger partial charge < -0.3 is 5.32 Å². The van der Waals surface area contributed by atoms with Crippen LogP contribution in [0.1, 0.15) is 27.4 Å². The molecule has 34 heavy (non-hydrogen) atoms. The molecule has 1 aliphatic carbocycles. The van der Waals surface area contributed by atoms with Gasteiger partial charge in [0.25, 0.3) is 0 Å². The summed E-state index contributed by atoms with van der Waals surface area (Å²) >= 11 is 37.2. The maximum atomic E-state index is 13.4. The van der Waals surface area contributed by atoms with Gasteiger partial charge >= 0.3 is 0 Å². The lowest BCUT2D eigenvalue weighted by molar-refractivity contribution is -0.117. The quantitative estimate of drug-likeness (QED) is 0.181. The van der Waals surface area contributed by atoms with E-state index in [4.69, 9.17) is 69.6 Å². The standard InChI is InChI=1S/C24H14Cl6FNO2/c25-16-5-4-14(10-15(16)19(33)7-11-2-1-3-13(31)6-11)32-23(34)21-20(24(21,29)30)12-8-17(26)22(28)18(27)9-12/h1-6,8-10,20-21H,7H2,(H,32,34). The topological polar surface area (TPSA) is 46.2 Å². The fraction of sp³-hybridized carbons (Fsp3) is 0.167. The molecule has 176 valence electrons. The second-order valence-electron chi connectivity index (χ2n) is 7.84. The lowest BCUT2D eigenvalue weighted by atomic mass is 10.0. The summed E-state index contributed by atoms with van der Waals surface area (Å²) in [5, 5.41) is 3.57. The molecule has 0 spiro atoms. The van der Waals surface area contributed by atoms with E-state index in [-0.39, 0.29) is 37.9 Å². The number of carbonyl (C=O) groups excluding carboxylic acids is 2.